The Kier molecular flexibility index (Phi) is 6.82. The number of aromatic nitrogens is 2. The first-order chi connectivity index (χ1) is 16.7. The van der Waals surface area contributed by atoms with Gasteiger partial charge in [0, 0.05) is 11.5 Å². The van der Waals surface area contributed by atoms with Crippen molar-refractivity contribution < 1.29 is 22.6 Å². The maximum absolute atomic E-state index is 13.2. The number of rotatable bonds is 7. The smallest absolute Gasteiger partial charge is 0.416 e. The Morgan fingerprint density at radius 3 is 2.34 bits per heavy atom. The van der Waals surface area contributed by atoms with E-state index in [-0.39, 0.29) is 5.92 Å². The van der Waals surface area contributed by atoms with Gasteiger partial charge in [0.05, 0.1) is 31.0 Å². The third-order valence-electron chi connectivity index (χ3n) is 6.11. The van der Waals surface area contributed by atoms with Crippen LogP contribution in [0.15, 0.2) is 60.9 Å². The molecule has 35 heavy (non-hydrogen) atoms. The summed E-state index contributed by atoms with van der Waals surface area (Å²) in [6, 6.07) is 14.3. The summed E-state index contributed by atoms with van der Waals surface area (Å²) >= 11 is 0. The molecule has 1 atom stereocenters. The largest absolute Gasteiger partial charge is 0.496 e. The molecule has 0 aliphatic carbocycles. The molecule has 8 heteroatoms. The minimum atomic E-state index is -4.42. The van der Waals surface area contributed by atoms with Gasteiger partial charge in [-0.2, -0.15) is 13.2 Å². The molecule has 1 heterocycles. The van der Waals surface area contributed by atoms with Crippen LogP contribution in [0.1, 0.15) is 37.3 Å². The van der Waals surface area contributed by atoms with E-state index in [1.54, 1.807) is 31.4 Å². The maximum atomic E-state index is 13.2. The Hall–Kier alpha value is -3.81. The van der Waals surface area contributed by atoms with Gasteiger partial charge in [-0.05, 0) is 59.4 Å². The van der Waals surface area contributed by atoms with Crippen molar-refractivity contribution in [3.05, 3.63) is 72.1 Å². The molecule has 4 aromatic rings. The highest BCUT2D eigenvalue weighted by molar-refractivity contribution is 5.93. The molecular weight excluding hydrogens is 455 g/mol. The number of methoxy groups -OCH3 is 2. The van der Waals surface area contributed by atoms with Crippen molar-refractivity contribution in [2.24, 2.45) is 0 Å². The monoisotopic (exact) mass is 481 g/mol. The highest BCUT2D eigenvalue weighted by Crippen LogP contribution is 2.38. The van der Waals surface area contributed by atoms with E-state index in [4.69, 9.17) is 9.47 Å². The fraction of sp³-hybridized carbons (Fsp3) is 0.259. The topological polar surface area (TPSA) is 56.3 Å². The molecule has 5 nitrogen and oxygen atoms in total. The van der Waals surface area contributed by atoms with Gasteiger partial charge < -0.3 is 14.8 Å². The molecule has 0 amide bonds. The molecule has 1 N–H and O–H groups in total. The van der Waals surface area contributed by atoms with Crippen LogP contribution in [0.4, 0.5) is 24.7 Å². The van der Waals surface area contributed by atoms with Gasteiger partial charge in [-0.15, -0.1) is 0 Å². The van der Waals surface area contributed by atoms with Crippen molar-refractivity contribution in [3.63, 3.8) is 0 Å². The van der Waals surface area contributed by atoms with Crippen molar-refractivity contribution in [1.29, 1.82) is 0 Å². The highest BCUT2D eigenvalue weighted by Gasteiger charge is 2.30. The number of hydrogen-bond acceptors (Lipinski definition) is 5. The lowest BCUT2D eigenvalue weighted by atomic mass is 9.96. The van der Waals surface area contributed by atoms with E-state index in [9.17, 15) is 13.2 Å². The zero-order chi connectivity index (χ0) is 25.2. The number of anilines is 2. The molecule has 0 bridgehead atoms. The number of nitrogens with zero attached hydrogens (tertiary/aromatic N) is 2. The molecule has 0 spiro atoms. The number of alkyl halides is 3. The van der Waals surface area contributed by atoms with Crippen molar-refractivity contribution >= 4 is 22.4 Å². The van der Waals surface area contributed by atoms with Crippen LogP contribution >= 0.6 is 0 Å². The van der Waals surface area contributed by atoms with Crippen molar-refractivity contribution in [2.45, 2.75) is 32.4 Å². The van der Waals surface area contributed by atoms with E-state index < -0.39 is 11.7 Å². The fourth-order valence-corrected chi connectivity index (χ4v) is 3.97. The summed E-state index contributed by atoms with van der Waals surface area (Å²) in [6.45, 7) is 4.24. The summed E-state index contributed by atoms with van der Waals surface area (Å²) in [7, 11) is 3.17. The maximum Gasteiger partial charge on any atom is 0.416 e. The predicted molar refractivity (Wildman–Crippen MR) is 132 cm³/mol. The minimum Gasteiger partial charge on any atom is -0.496 e. The van der Waals surface area contributed by atoms with Gasteiger partial charge in [0.2, 0.25) is 0 Å². The van der Waals surface area contributed by atoms with Crippen LogP contribution in [0.3, 0.4) is 0 Å². The third-order valence-corrected chi connectivity index (χ3v) is 6.11. The van der Waals surface area contributed by atoms with E-state index in [0.717, 1.165) is 35.3 Å². The second-order valence-corrected chi connectivity index (χ2v) is 8.26. The first-order valence-electron chi connectivity index (χ1n) is 11.2. The highest BCUT2D eigenvalue weighted by atomic mass is 19.4. The normalized spacial score (nSPS) is 12.4. The number of nitrogens with one attached hydrogen (secondary N) is 1. The van der Waals surface area contributed by atoms with Crippen molar-refractivity contribution in [2.75, 3.05) is 19.5 Å². The molecule has 1 aromatic heterocycles. The van der Waals surface area contributed by atoms with E-state index in [2.05, 4.69) is 29.1 Å². The molecule has 1 unspecified atom stereocenters. The summed E-state index contributed by atoms with van der Waals surface area (Å²) in [6.07, 6.45) is -2.03. The summed E-state index contributed by atoms with van der Waals surface area (Å²) in [4.78, 5) is 8.83. The van der Waals surface area contributed by atoms with Gasteiger partial charge in [0.15, 0.2) is 0 Å². The summed E-state index contributed by atoms with van der Waals surface area (Å²) < 4.78 is 50.8. The summed E-state index contributed by atoms with van der Waals surface area (Å²) in [5, 5.41) is 4.10. The Morgan fingerprint density at radius 1 is 0.914 bits per heavy atom. The molecule has 0 saturated carbocycles. The second-order valence-electron chi connectivity index (χ2n) is 8.26. The number of hydrogen-bond donors (Lipinski definition) is 1. The molecule has 0 aliphatic heterocycles. The minimum absolute atomic E-state index is 0.265. The summed E-state index contributed by atoms with van der Waals surface area (Å²) in [5.41, 5.74) is 2.68. The van der Waals surface area contributed by atoms with Crippen LogP contribution in [-0.4, -0.2) is 24.2 Å². The first kappa shape index (κ1) is 24.3. The Balaban J connectivity index is 1.80. The lowest BCUT2D eigenvalue weighted by Gasteiger charge is -2.17. The lowest BCUT2D eigenvalue weighted by Crippen LogP contribution is -2.04. The van der Waals surface area contributed by atoms with Crippen molar-refractivity contribution in [3.8, 4) is 22.6 Å². The van der Waals surface area contributed by atoms with Crippen LogP contribution in [0.25, 0.3) is 22.0 Å². The molecule has 4 rings (SSSR count). The van der Waals surface area contributed by atoms with Crippen LogP contribution < -0.4 is 14.8 Å². The molecule has 0 fully saturated rings. The van der Waals surface area contributed by atoms with Gasteiger partial charge in [-0.1, -0.05) is 32.0 Å². The molecule has 0 saturated heterocycles. The Labute approximate surface area is 201 Å². The van der Waals surface area contributed by atoms with Crippen LogP contribution in [-0.2, 0) is 6.18 Å². The zero-order valence-electron chi connectivity index (χ0n) is 19.9. The molecule has 3 aromatic carbocycles. The molecular formula is C27H26F3N3O2. The quantitative estimate of drug-likeness (QED) is 0.295. The number of halogens is 3. The standard InChI is InChI=1S/C27H26F3N3O2/c1-5-16(2)20-13-21-22(14-25(20)35-4)31-15-32-26(21)33-23-12-18(9-10-24(23)34-3)17-7-6-8-19(11-17)27(28,29)30/h6-16H,5H2,1-4H3,(H,31,32,33). The Morgan fingerprint density at radius 2 is 1.66 bits per heavy atom. The van der Waals surface area contributed by atoms with E-state index in [0.29, 0.717) is 33.9 Å². The number of benzene rings is 3. The summed E-state index contributed by atoms with van der Waals surface area (Å²) in [5.74, 6) is 2.12. The van der Waals surface area contributed by atoms with E-state index in [1.807, 2.05) is 12.1 Å². The van der Waals surface area contributed by atoms with E-state index >= 15 is 0 Å². The molecule has 0 aliphatic rings. The lowest BCUT2D eigenvalue weighted by molar-refractivity contribution is -0.137. The Bertz CT molecular complexity index is 1360. The first-order valence-corrected chi connectivity index (χ1v) is 11.2. The van der Waals surface area contributed by atoms with E-state index in [1.165, 1.54) is 19.5 Å². The average molecular weight is 482 g/mol. The van der Waals surface area contributed by atoms with Crippen LogP contribution in [0.2, 0.25) is 0 Å². The fourth-order valence-electron chi connectivity index (χ4n) is 3.97. The van der Waals surface area contributed by atoms with Crippen molar-refractivity contribution in [1.82, 2.24) is 9.97 Å². The van der Waals surface area contributed by atoms with Gasteiger partial charge >= 0.3 is 6.18 Å². The SMILES string of the molecule is CCC(C)c1cc2c(Nc3cc(-c4cccc(C(F)(F)F)c4)ccc3OC)ncnc2cc1OC. The van der Waals surface area contributed by atoms with Gasteiger partial charge in [0.25, 0.3) is 0 Å². The van der Waals surface area contributed by atoms with Crippen LogP contribution in [0.5, 0.6) is 11.5 Å². The second kappa shape index (κ2) is 9.82. The number of ether oxygens (including phenoxy) is 2. The molecule has 0 radical (unpaired) electrons. The van der Waals surface area contributed by atoms with Crippen LogP contribution in [0, 0.1) is 0 Å². The predicted octanol–water partition coefficient (Wildman–Crippen LogP) is 7.59. The number of fused-ring (bicyclic) bond motifs is 1. The average Bonchev–Trinajstić information content (AvgIpc) is 2.87. The third kappa shape index (κ3) is 5.01. The zero-order valence-corrected chi connectivity index (χ0v) is 19.9. The van der Waals surface area contributed by atoms with Gasteiger partial charge in [-0.3, -0.25) is 0 Å². The van der Waals surface area contributed by atoms with Gasteiger partial charge in [-0.25, -0.2) is 9.97 Å². The van der Waals surface area contributed by atoms with Gasteiger partial charge in [0.1, 0.15) is 23.6 Å². The molecule has 182 valence electrons.